The highest BCUT2D eigenvalue weighted by atomic mass is 32.2. The number of halogens is 3. The molecule has 12 heteroatoms. The van der Waals surface area contributed by atoms with Crippen molar-refractivity contribution in [2.24, 2.45) is 16.3 Å². The first-order valence-electron chi connectivity index (χ1n) is 9.14. The summed E-state index contributed by atoms with van der Waals surface area (Å²) in [5.41, 5.74) is -5.91. The first-order chi connectivity index (χ1) is 12.8. The lowest BCUT2D eigenvalue weighted by molar-refractivity contribution is -0.128. The summed E-state index contributed by atoms with van der Waals surface area (Å²) in [6.07, 6.45) is 0.646. The smallest absolute Gasteiger partial charge is 0.356 e. The molecule has 28 heavy (non-hydrogen) atoms. The molecule has 164 valence electrons. The standard InChI is InChI=1S/C16H30F3N5O3S/c1-5-21-13(25)15(2,3)11-23-14(20-4)22-10-12-6-8-24(9-7-12)28(26,27)16(17,18)19/h12H,5-11H2,1-4H3,(H,21,25)(H2,20,22,23). The van der Waals surface area contributed by atoms with Gasteiger partial charge in [0.05, 0.1) is 5.41 Å². The van der Waals surface area contributed by atoms with E-state index in [0.717, 1.165) is 0 Å². The molecule has 0 unspecified atom stereocenters. The molecule has 0 aromatic carbocycles. The van der Waals surface area contributed by atoms with Gasteiger partial charge in [-0.05, 0) is 39.5 Å². The predicted molar refractivity (Wildman–Crippen MR) is 101 cm³/mol. The van der Waals surface area contributed by atoms with Gasteiger partial charge in [0.25, 0.3) is 0 Å². The monoisotopic (exact) mass is 429 g/mol. The molecule has 0 bridgehead atoms. The van der Waals surface area contributed by atoms with Gasteiger partial charge in [0.1, 0.15) is 0 Å². The molecular weight excluding hydrogens is 399 g/mol. The predicted octanol–water partition coefficient (Wildman–Crippen LogP) is 0.875. The van der Waals surface area contributed by atoms with Crippen molar-refractivity contribution >= 4 is 21.9 Å². The minimum Gasteiger partial charge on any atom is -0.356 e. The summed E-state index contributed by atoms with van der Waals surface area (Å²) in [6, 6.07) is 0. The maximum atomic E-state index is 12.6. The Morgan fingerprint density at radius 2 is 1.71 bits per heavy atom. The van der Waals surface area contributed by atoms with Gasteiger partial charge in [0.2, 0.25) is 5.91 Å². The van der Waals surface area contributed by atoms with Crippen LogP contribution in [0.3, 0.4) is 0 Å². The lowest BCUT2D eigenvalue weighted by Crippen LogP contribution is -2.49. The van der Waals surface area contributed by atoms with Gasteiger partial charge in [-0.1, -0.05) is 0 Å². The molecule has 0 spiro atoms. The van der Waals surface area contributed by atoms with Gasteiger partial charge >= 0.3 is 15.5 Å². The molecule has 0 saturated carbocycles. The van der Waals surface area contributed by atoms with Crippen molar-refractivity contribution in [1.82, 2.24) is 20.3 Å². The molecule has 1 fully saturated rings. The third kappa shape index (κ3) is 6.50. The molecule has 1 aliphatic heterocycles. The molecular formula is C16H30F3N5O3S. The van der Waals surface area contributed by atoms with Gasteiger partial charge in [-0.15, -0.1) is 0 Å². The number of sulfonamides is 1. The molecule has 0 aromatic heterocycles. The van der Waals surface area contributed by atoms with Gasteiger partial charge in [0, 0.05) is 39.8 Å². The maximum absolute atomic E-state index is 12.6. The van der Waals surface area contributed by atoms with Crippen molar-refractivity contribution in [2.75, 3.05) is 39.8 Å². The number of nitrogens with zero attached hydrogens (tertiary/aromatic N) is 2. The van der Waals surface area contributed by atoms with Gasteiger partial charge in [-0.25, -0.2) is 8.42 Å². The van der Waals surface area contributed by atoms with Crippen LogP contribution >= 0.6 is 0 Å². The van der Waals surface area contributed by atoms with Crippen molar-refractivity contribution in [2.45, 2.75) is 39.1 Å². The van der Waals surface area contributed by atoms with Crippen LogP contribution in [0.5, 0.6) is 0 Å². The number of hydrogen-bond donors (Lipinski definition) is 3. The number of nitrogens with one attached hydrogen (secondary N) is 3. The largest absolute Gasteiger partial charge is 0.511 e. The van der Waals surface area contributed by atoms with Crippen molar-refractivity contribution in [3.05, 3.63) is 0 Å². The second-order valence-corrected chi connectivity index (χ2v) is 9.27. The Balaban J connectivity index is 2.47. The van der Waals surface area contributed by atoms with E-state index in [1.807, 2.05) is 6.92 Å². The van der Waals surface area contributed by atoms with Crippen LogP contribution in [-0.4, -0.2) is 69.9 Å². The van der Waals surface area contributed by atoms with E-state index in [0.29, 0.717) is 42.7 Å². The van der Waals surface area contributed by atoms with Crippen molar-refractivity contribution in [1.29, 1.82) is 0 Å². The number of rotatable bonds is 7. The van der Waals surface area contributed by atoms with Crippen LogP contribution in [0.25, 0.3) is 0 Å². The van der Waals surface area contributed by atoms with E-state index in [1.54, 1.807) is 20.9 Å². The molecule has 3 N–H and O–H groups in total. The average molecular weight is 430 g/mol. The number of piperidine rings is 1. The Labute approximate surface area is 164 Å². The summed E-state index contributed by atoms with van der Waals surface area (Å²) in [5.74, 6) is 0.411. The van der Waals surface area contributed by atoms with Crippen LogP contribution in [0.1, 0.15) is 33.6 Å². The average Bonchev–Trinajstić information content (AvgIpc) is 2.61. The first kappa shape index (κ1) is 24.5. The SMILES string of the molecule is CCNC(=O)C(C)(C)CNC(=NC)NCC1CCN(S(=O)(=O)C(F)(F)F)CC1. The minimum absolute atomic E-state index is 0.0228. The molecule has 0 radical (unpaired) electrons. The fraction of sp³-hybridized carbons (Fsp3) is 0.875. The van der Waals surface area contributed by atoms with Crippen LogP contribution < -0.4 is 16.0 Å². The lowest BCUT2D eigenvalue weighted by atomic mass is 9.92. The number of guanidine groups is 1. The molecule has 1 heterocycles. The molecule has 8 nitrogen and oxygen atoms in total. The van der Waals surface area contributed by atoms with Crippen molar-refractivity contribution in [3.8, 4) is 0 Å². The van der Waals surface area contributed by atoms with Gasteiger partial charge in [-0.2, -0.15) is 17.5 Å². The van der Waals surface area contributed by atoms with Crippen LogP contribution in [0.4, 0.5) is 13.2 Å². The summed E-state index contributed by atoms with van der Waals surface area (Å²) >= 11 is 0. The fourth-order valence-corrected chi connectivity index (χ4v) is 3.73. The number of aliphatic imine (C=N–C) groups is 1. The maximum Gasteiger partial charge on any atom is 0.511 e. The summed E-state index contributed by atoms with van der Waals surface area (Å²) in [4.78, 5) is 16.1. The summed E-state index contributed by atoms with van der Waals surface area (Å²) < 4.78 is 61.2. The van der Waals surface area contributed by atoms with E-state index < -0.39 is 20.9 Å². The first-order valence-corrected chi connectivity index (χ1v) is 10.6. The van der Waals surface area contributed by atoms with Crippen LogP contribution in [0, 0.1) is 11.3 Å². The van der Waals surface area contributed by atoms with E-state index in [2.05, 4.69) is 20.9 Å². The fourth-order valence-electron chi connectivity index (χ4n) is 2.75. The normalized spacial score (nSPS) is 18.0. The number of amides is 1. The van der Waals surface area contributed by atoms with E-state index in [-0.39, 0.29) is 24.9 Å². The number of alkyl halides is 3. The molecule has 0 aliphatic carbocycles. The van der Waals surface area contributed by atoms with Gasteiger partial charge < -0.3 is 16.0 Å². The highest BCUT2D eigenvalue weighted by Gasteiger charge is 2.50. The highest BCUT2D eigenvalue weighted by molar-refractivity contribution is 7.90. The van der Waals surface area contributed by atoms with Crippen molar-refractivity contribution in [3.63, 3.8) is 0 Å². The highest BCUT2D eigenvalue weighted by Crippen LogP contribution is 2.30. The Hall–Kier alpha value is -1.56. The number of hydrogen-bond acceptors (Lipinski definition) is 4. The Bertz CT molecular complexity index is 657. The molecule has 1 aliphatic rings. The van der Waals surface area contributed by atoms with Crippen LogP contribution in [0.15, 0.2) is 4.99 Å². The van der Waals surface area contributed by atoms with E-state index in [9.17, 15) is 26.4 Å². The summed E-state index contributed by atoms with van der Waals surface area (Å²) in [5, 5.41) is 8.91. The second kappa shape index (κ2) is 9.77. The summed E-state index contributed by atoms with van der Waals surface area (Å²) in [7, 11) is -3.68. The number of carbonyl (C=O) groups excluding carboxylic acids is 1. The van der Waals surface area contributed by atoms with Gasteiger partial charge in [-0.3, -0.25) is 9.79 Å². The minimum atomic E-state index is -5.26. The van der Waals surface area contributed by atoms with Crippen LogP contribution in [0.2, 0.25) is 0 Å². The molecule has 1 rings (SSSR count). The van der Waals surface area contributed by atoms with Gasteiger partial charge in [0.15, 0.2) is 5.96 Å². The van der Waals surface area contributed by atoms with E-state index >= 15 is 0 Å². The number of carbonyl (C=O) groups is 1. The zero-order chi connectivity index (χ0) is 21.6. The third-order valence-electron chi connectivity index (χ3n) is 4.64. The Morgan fingerprint density at radius 1 is 1.14 bits per heavy atom. The zero-order valence-corrected chi connectivity index (χ0v) is 17.5. The van der Waals surface area contributed by atoms with E-state index in [4.69, 9.17) is 0 Å². The molecule has 1 amide bonds. The van der Waals surface area contributed by atoms with E-state index in [1.165, 1.54) is 0 Å². The quantitative estimate of drug-likeness (QED) is 0.412. The third-order valence-corrected chi connectivity index (χ3v) is 6.27. The molecule has 1 saturated heterocycles. The molecule has 0 atom stereocenters. The Morgan fingerprint density at radius 3 is 2.18 bits per heavy atom. The second-order valence-electron chi connectivity index (χ2n) is 7.34. The van der Waals surface area contributed by atoms with Crippen LogP contribution in [-0.2, 0) is 14.8 Å². The Kier molecular flexibility index (Phi) is 8.54. The summed E-state index contributed by atoms with van der Waals surface area (Å²) in [6.45, 7) is 6.45. The zero-order valence-electron chi connectivity index (χ0n) is 16.7. The molecule has 0 aromatic rings. The topological polar surface area (TPSA) is 103 Å². The van der Waals surface area contributed by atoms with Crippen molar-refractivity contribution < 1.29 is 26.4 Å². The lowest BCUT2D eigenvalue weighted by Gasteiger charge is -2.32.